The van der Waals surface area contributed by atoms with E-state index in [1.165, 1.54) is 18.4 Å². The SMILES string of the molecule is COCNC(=O)Nc1nc(C)c(C)s1. The van der Waals surface area contributed by atoms with Gasteiger partial charge >= 0.3 is 6.03 Å². The number of urea groups is 1. The summed E-state index contributed by atoms with van der Waals surface area (Å²) in [6.07, 6.45) is 0. The van der Waals surface area contributed by atoms with Gasteiger partial charge in [0.05, 0.1) is 5.69 Å². The molecule has 0 unspecified atom stereocenters. The van der Waals surface area contributed by atoms with Gasteiger partial charge in [-0.1, -0.05) is 0 Å². The minimum absolute atomic E-state index is 0.190. The summed E-state index contributed by atoms with van der Waals surface area (Å²) in [5.41, 5.74) is 0.942. The molecule has 1 aromatic rings. The molecular weight excluding hydrogens is 202 g/mol. The summed E-state index contributed by atoms with van der Waals surface area (Å²) in [6.45, 7) is 4.06. The van der Waals surface area contributed by atoms with E-state index in [0.717, 1.165) is 10.6 Å². The zero-order valence-electron chi connectivity index (χ0n) is 8.38. The van der Waals surface area contributed by atoms with Crippen LogP contribution in [0.15, 0.2) is 0 Å². The second kappa shape index (κ2) is 4.92. The topological polar surface area (TPSA) is 63.2 Å². The molecule has 0 spiro atoms. The van der Waals surface area contributed by atoms with E-state index in [1.807, 2.05) is 13.8 Å². The molecule has 2 N–H and O–H groups in total. The molecule has 78 valence electrons. The zero-order valence-corrected chi connectivity index (χ0v) is 9.20. The molecule has 0 saturated carbocycles. The number of hydrogen-bond acceptors (Lipinski definition) is 4. The van der Waals surface area contributed by atoms with Crippen LogP contribution >= 0.6 is 11.3 Å². The molecule has 0 saturated heterocycles. The van der Waals surface area contributed by atoms with Gasteiger partial charge in [0.1, 0.15) is 6.73 Å². The van der Waals surface area contributed by atoms with Crippen molar-refractivity contribution in [3.8, 4) is 0 Å². The molecule has 14 heavy (non-hydrogen) atoms. The number of nitrogens with zero attached hydrogens (tertiary/aromatic N) is 1. The van der Waals surface area contributed by atoms with Gasteiger partial charge in [0.2, 0.25) is 0 Å². The van der Waals surface area contributed by atoms with Crippen LogP contribution in [-0.4, -0.2) is 24.9 Å². The maximum absolute atomic E-state index is 11.2. The van der Waals surface area contributed by atoms with Crippen LogP contribution in [0.25, 0.3) is 0 Å². The molecule has 6 heteroatoms. The van der Waals surface area contributed by atoms with Gasteiger partial charge in [-0.2, -0.15) is 0 Å². The quantitative estimate of drug-likeness (QED) is 0.751. The normalized spacial score (nSPS) is 9.93. The van der Waals surface area contributed by atoms with Crippen molar-refractivity contribution >= 4 is 22.5 Å². The summed E-state index contributed by atoms with van der Waals surface area (Å²) >= 11 is 1.45. The van der Waals surface area contributed by atoms with Crippen molar-refractivity contribution in [3.63, 3.8) is 0 Å². The molecule has 5 nitrogen and oxygen atoms in total. The van der Waals surface area contributed by atoms with Crippen molar-refractivity contribution < 1.29 is 9.53 Å². The van der Waals surface area contributed by atoms with Gasteiger partial charge in [0, 0.05) is 12.0 Å². The molecule has 0 aromatic carbocycles. The Morgan fingerprint density at radius 1 is 1.57 bits per heavy atom. The van der Waals surface area contributed by atoms with E-state index in [9.17, 15) is 4.79 Å². The Hall–Kier alpha value is -1.14. The molecule has 1 aromatic heterocycles. The second-order valence-corrected chi connectivity index (χ2v) is 3.93. The highest BCUT2D eigenvalue weighted by Crippen LogP contribution is 2.20. The number of ether oxygens (including phenoxy) is 1. The van der Waals surface area contributed by atoms with Crippen LogP contribution in [-0.2, 0) is 4.74 Å². The van der Waals surface area contributed by atoms with Crippen molar-refractivity contribution in [3.05, 3.63) is 10.6 Å². The van der Waals surface area contributed by atoms with Gasteiger partial charge in [0.25, 0.3) is 0 Å². The number of thiazole rings is 1. The summed E-state index contributed by atoms with van der Waals surface area (Å²) in [7, 11) is 1.51. The van der Waals surface area contributed by atoms with E-state index in [0.29, 0.717) is 5.13 Å². The van der Waals surface area contributed by atoms with Gasteiger partial charge in [0.15, 0.2) is 5.13 Å². The third-order valence-corrected chi connectivity index (χ3v) is 2.61. The molecule has 0 fully saturated rings. The molecule has 0 aliphatic heterocycles. The Morgan fingerprint density at radius 2 is 2.29 bits per heavy atom. The molecule has 1 rings (SSSR count). The van der Waals surface area contributed by atoms with Crippen LogP contribution in [0, 0.1) is 13.8 Å². The molecule has 0 aliphatic rings. The Balaban J connectivity index is 2.48. The third-order valence-electron chi connectivity index (χ3n) is 1.63. The summed E-state index contributed by atoms with van der Waals surface area (Å²) in [6, 6.07) is -0.305. The lowest BCUT2D eigenvalue weighted by Gasteiger charge is -2.02. The van der Waals surface area contributed by atoms with Gasteiger partial charge < -0.3 is 10.1 Å². The van der Waals surface area contributed by atoms with E-state index in [4.69, 9.17) is 4.74 Å². The number of carbonyl (C=O) groups is 1. The van der Waals surface area contributed by atoms with E-state index in [1.54, 1.807) is 0 Å². The molecule has 0 atom stereocenters. The first-order valence-corrected chi connectivity index (χ1v) is 4.93. The largest absolute Gasteiger partial charge is 0.364 e. The van der Waals surface area contributed by atoms with Crippen molar-refractivity contribution in [2.45, 2.75) is 13.8 Å². The monoisotopic (exact) mass is 215 g/mol. The van der Waals surface area contributed by atoms with Crippen LogP contribution in [0.3, 0.4) is 0 Å². The van der Waals surface area contributed by atoms with E-state index >= 15 is 0 Å². The predicted octanol–water partition coefficient (Wildman–Crippen LogP) is 1.49. The number of methoxy groups -OCH3 is 1. The van der Waals surface area contributed by atoms with Crippen molar-refractivity contribution in [2.24, 2.45) is 0 Å². The molecule has 0 bridgehead atoms. The Kier molecular flexibility index (Phi) is 3.84. The van der Waals surface area contributed by atoms with Crippen LogP contribution in [0.4, 0.5) is 9.93 Å². The number of anilines is 1. The minimum atomic E-state index is -0.305. The number of hydrogen-bond donors (Lipinski definition) is 2. The Bertz CT molecular complexity index is 305. The Morgan fingerprint density at radius 3 is 2.79 bits per heavy atom. The average Bonchev–Trinajstić information content (AvgIpc) is 2.42. The fourth-order valence-corrected chi connectivity index (χ4v) is 1.61. The third kappa shape index (κ3) is 2.97. The molecule has 0 aliphatic carbocycles. The van der Waals surface area contributed by atoms with Gasteiger partial charge in [-0.05, 0) is 13.8 Å². The number of carbonyl (C=O) groups excluding carboxylic acids is 1. The second-order valence-electron chi connectivity index (χ2n) is 2.72. The van der Waals surface area contributed by atoms with Gasteiger partial charge in [-0.15, -0.1) is 11.3 Å². The molecule has 1 heterocycles. The number of aryl methyl sites for hydroxylation is 2. The first-order chi connectivity index (χ1) is 6.63. The maximum Gasteiger partial charge on any atom is 0.322 e. The molecule has 2 amide bonds. The van der Waals surface area contributed by atoms with Crippen molar-refractivity contribution in [1.82, 2.24) is 10.3 Å². The first-order valence-electron chi connectivity index (χ1n) is 4.11. The average molecular weight is 215 g/mol. The highest BCUT2D eigenvalue weighted by Gasteiger charge is 2.06. The summed E-state index contributed by atoms with van der Waals surface area (Å²) in [5, 5.41) is 5.72. The minimum Gasteiger partial charge on any atom is -0.364 e. The summed E-state index contributed by atoms with van der Waals surface area (Å²) in [4.78, 5) is 16.4. The lowest BCUT2D eigenvalue weighted by atomic mass is 10.4. The van der Waals surface area contributed by atoms with Crippen molar-refractivity contribution in [2.75, 3.05) is 19.2 Å². The van der Waals surface area contributed by atoms with Crippen molar-refractivity contribution in [1.29, 1.82) is 0 Å². The zero-order chi connectivity index (χ0) is 10.6. The van der Waals surface area contributed by atoms with Gasteiger partial charge in [-0.3, -0.25) is 5.32 Å². The highest BCUT2D eigenvalue weighted by atomic mass is 32.1. The van der Waals surface area contributed by atoms with E-state index < -0.39 is 0 Å². The van der Waals surface area contributed by atoms with E-state index in [-0.39, 0.29) is 12.8 Å². The lowest BCUT2D eigenvalue weighted by Crippen LogP contribution is -2.30. The van der Waals surface area contributed by atoms with Crippen LogP contribution in [0.2, 0.25) is 0 Å². The number of amides is 2. The Labute approximate surface area is 86.5 Å². The maximum atomic E-state index is 11.2. The smallest absolute Gasteiger partial charge is 0.322 e. The predicted molar refractivity (Wildman–Crippen MR) is 55.6 cm³/mol. The fourth-order valence-electron chi connectivity index (χ4n) is 0.805. The molecule has 0 radical (unpaired) electrons. The molecular formula is C8H13N3O2S. The van der Waals surface area contributed by atoms with Crippen LogP contribution in [0.5, 0.6) is 0 Å². The summed E-state index contributed by atoms with van der Waals surface area (Å²) in [5.74, 6) is 0. The van der Waals surface area contributed by atoms with Crippen LogP contribution < -0.4 is 10.6 Å². The summed E-state index contributed by atoms with van der Waals surface area (Å²) < 4.78 is 4.69. The lowest BCUT2D eigenvalue weighted by molar-refractivity contribution is 0.177. The highest BCUT2D eigenvalue weighted by molar-refractivity contribution is 7.15. The number of aromatic nitrogens is 1. The fraction of sp³-hybridized carbons (Fsp3) is 0.500. The van der Waals surface area contributed by atoms with Crippen LogP contribution in [0.1, 0.15) is 10.6 Å². The number of rotatable bonds is 3. The van der Waals surface area contributed by atoms with Gasteiger partial charge in [-0.25, -0.2) is 9.78 Å². The standard InChI is InChI=1S/C8H13N3O2S/c1-5-6(2)14-8(10-5)11-7(12)9-4-13-3/h4H2,1-3H3,(H2,9,10,11,12). The number of nitrogens with one attached hydrogen (secondary N) is 2. The van der Waals surface area contributed by atoms with E-state index in [2.05, 4.69) is 15.6 Å². The first kappa shape index (κ1) is 10.9.